The minimum absolute atomic E-state index is 0.0578. The van der Waals surface area contributed by atoms with Crippen LogP contribution in [-0.2, 0) is 0 Å². The van der Waals surface area contributed by atoms with Crippen molar-refractivity contribution in [3.05, 3.63) is 59.2 Å². The van der Waals surface area contributed by atoms with E-state index in [0.717, 1.165) is 16.9 Å². The maximum atomic E-state index is 13.0. The van der Waals surface area contributed by atoms with Crippen molar-refractivity contribution in [2.24, 2.45) is 0 Å². The number of benzene rings is 1. The molecule has 148 valence electrons. The van der Waals surface area contributed by atoms with Crippen molar-refractivity contribution in [1.82, 2.24) is 15.2 Å². The Morgan fingerprint density at radius 3 is 2.80 bits per heavy atom. The number of nitrogens with one attached hydrogen (secondary N) is 1. The molecule has 4 aromatic rings. The number of ether oxygens (including phenoxy) is 1. The Morgan fingerprint density at radius 1 is 1.20 bits per heavy atom. The topological polar surface area (TPSA) is 118 Å². The Morgan fingerprint density at radius 2 is 2.07 bits per heavy atom. The van der Waals surface area contributed by atoms with Crippen molar-refractivity contribution in [2.45, 2.75) is 6.92 Å². The highest BCUT2D eigenvalue weighted by Crippen LogP contribution is 2.46. The van der Waals surface area contributed by atoms with Crippen LogP contribution in [0.4, 0.5) is 21.9 Å². The third-order valence-electron chi connectivity index (χ3n) is 4.62. The molecule has 1 aliphatic heterocycles. The molecule has 0 aliphatic carbocycles. The number of rotatable bonds is 4. The summed E-state index contributed by atoms with van der Waals surface area (Å²) in [5, 5.41) is 20.5. The second-order valence-electron chi connectivity index (χ2n) is 6.50. The number of carbonyl (C=O) groups excluding carboxylic acids is 1. The fourth-order valence-electron chi connectivity index (χ4n) is 3.38. The van der Waals surface area contributed by atoms with Gasteiger partial charge in [-0.3, -0.25) is 4.90 Å². The molecular formula is C20H13N5O4S. The lowest BCUT2D eigenvalue weighted by Gasteiger charge is -2.29. The van der Waals surface area contributed by atoms with E-state index < -0.39 is 12.0 Å². The molecule has 3 aromatic heterocycles. The molecule has 0 atom stereocenters. The summed E-state index contributed by atoms with van der Waals surface area (Å²) in [4.78, 5) is 30.9. The molecule has 10 heteroatoms. The van der Waals surface area contributed by atoms with Gasteiger partial charge in [0.2, 0.25) is 5.88 Å². The van der Waals surface area contributed by atoms with Gasteiger partial charge in [-0.1, -0.05) is 0 Å². The summed E-state index contributed by atoms with van der Waals surface area (Å²) in [6, 6.07) is 9.96. The number of nitrogens with zero attached hydrogens (tertiary/aromatic N) is 4. The summed E-state index contributed by atoms with van der Waals surface area (Å²) < 4.78 is 5.71. The Labute approximate surface area is 173 Å². The molecule has 2 N–H and O–H groups in total. The molecule has 1 aromatic carbocycles. The standard InChI is InChI=1S/C20H13N5O4S/c1-10-9-11(29-14-3-2-7-22-24-14)4-5-12(10)25-13-6-8-21-18-15(13)16(23-20(25)28)17(30-18)19(26)27/h2-9H,1H3,(H,23,28)(H,26,27). The van der Waals surface area contributed by atoms with E-state index >= 15 is 0 Å². The third kappa shape index (κ3) is 2.81. The number of hydrogen-bond acceptors (Lipinski definition) is 7. The normalized spacial score (nSPS) is 12.7. The predicted octanol–water partition coefficient (Wildman–Crippen LogP) is 4.57. The van der Waals surface area contributed by atoms with Crippen LogP contribution in [0.3, 0.4) is 0 Å². The molecule has 5 rings (SSSR count). The zero-order chi connectivity index (χ0) is 20.8. The van der Waals surface area contributed by atoms with Crippen molar-refractivity contribution in [2.75, 3.05) is 10.2 Å². The van der Waals surface area contributed by atoms with Gasteiger partial charge < -0.3 is 15.2 Å². The van der Waals surface area contributed by atoms with Crippen LogP contribution in [-0.4, -0.2) is 32.3 Å². The van der Waals surface area contributed by atoms with Crippen LogP contribution in [0.15, 0.2) is 48.8 Å². The summed E-state index contributed by atoms with van der Waals surface area (Å²) in [5.74, 6) is -0.187. The van der Waals surface area contributed by atoms with Crippen LogP contribution < -0.4 is 15.0 Å². The van der Waals surface area contributed by atoms with Gasteiger partial charge in [0.1, 0.15) is 15.5 Å². The van der Waals surface area contributed by atoms with Gasteiger partial charge in [-0.2, -0.15) is 5.10 Å². The molecule has 0 radical (unpaired) electrons. The molecule has 0 spiro atoms. The molecule has 0 unspecified atom stereocenters. The average Bonchev–Trinajstić information content (AvgIpc) is 3.10. The minimum Gasteiger partial charge on any atom is -0.477 e. The second kappa shape index (κ2) is 6.78. The van der Waals surface area contributed by atoms with E-state index in [9.17, 15) is 14.7 Å². The van der Waals surface area contributed by atoms with Gasteiger partial charge in [-0.05, 0) is 42.8 Å². The molecule has 0 bridgehead atoms. The number of thiophene rings is 1. The largest absolute Gasteiger partial charge is 0.477 e. The molecule has 4 heterocycles. The van der Waals surface area contributed by atoms with E-state index in [2.05, 4.69) is 20.5 Å². The van der Waals surface area contributed by atoms with Crippen molar-refractivity contribution in [3.8, 4) is 11.6 Å². The lowest BCUT2D eigenvalue weighted by atomic mass is 10.1. The summed E-state index contributed by atoms with van der Waals surface area (Å²) in [7, 11) is 0. The van der Waals surface area contributed by atoms with Crippen LogP contribution in [0.5, 0.6) is 11.6 Å². The quantitative estimate of drug-likeness (QED) is 0.497. The monoisotopic (exact) mass is 419 g/mol. The molecule has 30 heavy (non-hydrogen) atoms. The van der Waals surface area contributed by atoms with E-state index in [1.54, 1.807) is 48.8 Å². The number of carbonyl (C=O) groups is 2. The summed E-state index contributed by atoms with van der Waals surface area (Å²) in [5.41, 5.74) is 2.29. The highest BCUT2D eigenvalue weighted by atomic mass is 32.1. The van der Waals surface area contributed by atoms with E-state index in [1.807, 2.05) is 6.92 Å². The molecule has 0 saturated carbocycles. The maximum absolute atomic E-state index is 13.0. The molecule has 0 saturated heterocycles. The number of urea groups is 1. The SMILES string of the molecule is Cc1cc(Oc2cccnn2)ccc1N1C(=O)Nc2c(C(=O)O)sc3nccc1c23. The number of amides is 2. The van der Waals surface area contributed by atoms with Gasteiger partial charge in [0.15, 0.2) is 0 Å². The van der Waals surface area contributed by atoms with E-state index in [-0.39, 0.29) is 10.6 Å². The third-order valence-corrected chi connectivity index (χ3v) is 5.71. The van der Waals surface area contributed by atoms with Gasteiger partial charge in [0.25, 0.3) is 0 Å². The second-order valence-corrected chi connectivity index (χ2v) is 7.50. The van der Waals surface area contributed by atoms with Crippen LogP contribution in [0, 0.1) is 6.92 Å². The zero-order valence-electron chi connectivity index (χ0n) is 15.5. The molecule has 2 amide bonds. The lowest BCUT2D eigenvalue weighted by molar-refractivity contribution is 0.0703. The Kier molecular flexibility index (Phi) is 4.07. The summed E-state index contributed by atoms with van der Waals surface area (Å²) in [6.45, 7) is 1.86. The number of aromatic carboxylic acids is 1. The molecule has 0 fully saturated rings. The van der Waals surface area contributed by atoms with Gasteiger partial charge >= 0.3 is 12.0 Å². The van der Waals surface area contributed by atoms with Crippen LogP contribution in [0.2, 0.25) is 0 Å². The Balaban J connectivity index is 1.59. The van der Waals surface area contributed by atoms with Gasteiger partial charge in [-0.15, -0.1) is 16.4 Å². The smallest absolute Gasteiger partial charge is 0.348 e. The Bertz CT molecular complexity index is 1320. The minimum atomic E-state index is -1.10. The van der Waals surface area contributed by atoms with E-state index in [0.29, 0.717) is 33.2 Å². The van der Waals surface area contributed by atoms with Gasteiger partial charge in [0.05, 0.1) is 22.4 Å². The first-order valence-corrected chi connectivity index (χ1v) is 9.66. The van der Waals surface area contributed by atoms with Crippen molar-refractivity contribution >= 4 is 50.6 Å². The highest BCUT2D eigenvalue weighted by molar-refractivity contribution is 7.21. The van der Waals surface area contributed by atoms with Gasteiger partial charge in [-0.25, -0.2) is 14.6 Å². The number of aromatic nitrogens is 3. The number of hydrogen-bond donors (Lipinski definition) is 2. The van der Waals surface area contributed by atoms with Crippen molar-refractivity contribution < 1.29 is 19.4 Å². The zero-order valence-corrected chi connectivity index (χ0v) is 16.3. The van der Waals surface area contributed by atoms with E-state index in [4.69, 9.17) is 4.74 Å². The fourth-order valence-corrected chi connectivity index (χ4v) is 4.34. The first kappa shape index (κ1) is 18.0. The number of pyridine rings is 1. The van der Waals surface area contributed by atoms with E-state index in [1.165, 1.54) is 4.90 Å². The lowest BCUT2D eigenvalue weighted by Crippen LogP contribution is -2.34. The van der Waals surface area contributed by atoms with Crippen molar-refractivity contribution in [3.63, 3.8) is 0 Å². The summed E-state index contributed by atoms with van der Waals surface area (Å²) in [6.07, 6.45) is 3.12. The number of aryl methyl sites for hydroxylation is 1. The van der Waals surface area contributed by atoms with Crippen LogP contribution >= 0.6 is 11.3 Å². The van der Waals surface area contributed by atoms with Crippen molar-refractivity contribution in [1.29, 1.82) is 0 Å². The summed E-state index contributed by atoms with van der Waals surface area (Å²) >= 11 is 1.03. The number of carboxylic acids is 1. The number of anilines is 3. The molecule has 9 nitrogen and oxygen atoms in total. The highest BCUT2D eigenvalue weighted by Gasteiger charge is 2.33. The maximum Gasteiger partial charge on any atom is 0.348 e. The molecule has 1 aliphatic rings. The predicted molar refractivity (Wildman–Crippen MR) is 111 cm³/mol. The average molecular weight is 419 g/mol. The fraction of sp³-hybridized carbons (Fsp3) is 0.0500. The first-order chi connectivity index (χ1) is 14.5. The van der Waals surface area contributed by atoms with Crippen LogP contribution in [0.1, 0.15) is 15.2 Å². The molecular weight excluding hydrogens is 406 g/mol. The first-order valence-electron chi connectivity index (χ1n) is 8.85. The van der Waals surface area contributed by atoms with Crippen LogP contribution in [0.25, 0.3) is 10.2 Å². The Hall–Kier alpha value is -4.05. The number of carboxylic acid groups (broad SMARTS) is 1. The van der Waals surface area contributed by atoms with Gasteiger partial charge in [0, 0.05) is 18.5 Å².